The van der Waals surface area contributed by atoms with Crippen LogP contribution in [0.15, 0.2) is 47.2 Å². The van der Waals surface area contributed by atoms with Gasteiger partial charge >= 0.3 is 12.1 Å². The summed E-state index contributed by atoms with van der Waals surface area (Å²) in [4.78, 5) is 67.5. The summed E-state index contributed by atoms with van der Waals surface area (Å²) in [6.45, 7) is 8.49. The Balaban J connectivity index is 1.20. The fourth-order valence-electron chi connectivity index (χ4n) is 8.43. The van der Waals surface area contributed by atoms with E-state index in [-0.39, 0.29) is 69.3 Å². The number of oxazole rings is 1. The van der Waals surface area contributed by atoms with E-state index in [1.165, 1.54) is 30.1 Å². The summed E-state index contributed by atoms with van der Waals surface area (Å²) >= 11 is 0. The number of hydrogen-bond acceptors (Lipinski definition) is 13. The second-order valence-electron chi connectivity index (χ2n) is 19.3. The molecular weight excluding hydrogens is 902 g/mol. The number of pyridine rings is 1. The third kappa shape index (κ3) is 11.8. The van der Waals surface area contributed by atoms with Gasteiger partial charge < -0.3 is 38.1 Å². The van der Waals surface area contributed by atoms with Crippen molar-refractivity contribution in [2.24, 2.45) is 5.41 Å². The Labute approximate surface area is 399 Å². The lowest BCUT2D eigenvalue weighted by atomic mass is 9.84. The van der Waals surface area contributed by atoms with Gasteiger partial charge in [-0.25, -0.2) is 10.4 Å². The Hall–Kier alpha value is -5.85. The maximum Gasteiger partial charge on any atom is 0.406 e. The van der Waals surface area contributed by atoms with Gasteiger partial charge in [-0.05, 0) is 95.9 Å². The summed E-state index contributed by atoms with van der Waals surface area (Å²) in [7, 11) is 6.60. The molecule has 4 atom stereocenters. The largest absolute Gasteiger partial charge is 0.464 e. The van der Waals surface area contributed by atoms with E-state index in [4.69, 9.17) is 28.3 Å². The average molecular weight is 963 g/mol. The van der Waals surface area contributed by atoms with Crippen molar-refractivity contribution < 1.29 is 55.7 Å². The van der Waals surface area contributed by atoms with Crippen LogP contribution in [0.4, 0.5) is 13.2 Å². The number of nitrogens with zero attached hydrogens (tertiary/aromatic N) is 6. The van der Waals surface area contributed by atoms with Crippen molar-refractivity contribution in [2.45, 2.75) is 109 Å². The molecule has 2 N–H and O–H groups in total. The Kier molecular flexibility index (Phi) is 15.2. The Bertz CT molecular complexity index is 2610. The zero-order valence-corrected chi connectivity index (χ0v) is 40.5. The third-order valence-corrected chi connectivity index (χ3v) is 13.0. The number of carbonyl (C=O) groups excluding carboxylic acids is 4. The smallest absolute Gasteiger partial charge is 0.406 e. The van der Waals surface area contributed by atoms with E-state index >= 15 is 0 Å². The summed E-state index contributed by atoms with van der Waals surface area (Å²) in [6.07, 6.45) is -2.98. The van der Waals surface area contributed by atoms with Gasteiger partial charge in [0.25, 0.3) is 17.7 Å². The summed E-state index contributed by atoms with van der Waals surface area (Å²) < 4.78 is 74.1. The maximum atomic E-state index is 14.6. The molecule has 0 saturated carbocycles. The zero-order valence-electron chi connectivity index (χ0n) is 40.5. The van der Waals surface area contributed by atoms with Gasteiger partial charge in [-0.1, -0.05) is 19.8 Å². The molecule has 69 heavy (non-hydrogen) atoms. The topological polar surface area (TPSA) is 183 Å². The molecule has 4 aromatic rings. The SMILES string of the molecule is CO[C@@H](COC1CN(C(=O)C#CC(C)(C)N(C)C)C1)C(=O)N[C@H]1Cc2coc(n2)-c2ccc3c(c2)c(c(-c2cccnc2[C@H](C)OC)n3CC(F)(F)F)CC(C)(C)COC(=O)[C@@H]2CCCN(N2)C1=O. The van der Waals surface area contributed by atoms with Gasteiger partial charge in [0.05, 0.1) is 48.0 Å². The zero-order chi connectivity index (χ0) is 50.0. The van der Waals surface area contributed by atoms with Crippen LogP contribution in [0, 0.1) is 17.3 Å². The van der Waals surface area contributed by atoms with Gasteiger partial charge in [-0.15, -0.1) is 0 Å². The number of amides is 3. The van der Waals surface area contributed by atoms with Crippen molar-refractivity contribution in [2.75, 3.05) is 61.2 Å². The molecule has 2 fully saturated rings. The number of rotatable bonds is 11. The first-order chi connectivity index (χ1) is 32.6. The second kappa shape index (κ2) is 20.6. The second-order valence-corrected chi connectivity index (χ2v) is 19.3. The van der Waals surface area contributed by atoms with Crippen LogP contribution >= 0.6 is 0 Å². The Morgan fingerprint density at radius 1 is 1.12 bits per heavy atom. The number of alkyl halides is 3. The molecule has 6 heterocycles. The average Bonchev–Trinajstić information content (AvgIpc) is 3.88. The molecule has 17 nitrogen and oxygen atoms in total. The van der Waals surface area contributed by atoms with Crippen molar-refractivity contribution in [3.05, 3.63) is 59.7 Å². The minimum Gasteiger partial charge on any atom is -0.464 e. The summed E-state index contributed by atoms with van der Waals surface area (Å²) in [5.41, 5.74) is 4.46. The first-order valence-corrected chi connectivity index (χ1v) is 22.9. The standard InChI is InChI=1S/C49H61F3N8O9/c1-29(65-8)41-33(12-10-18-53-41)42-35-22-47(2,3)28-69-46(64)36-13-11-19-60(56-36)45(63)37(21-31-25-68-44(54-31)30-14-15-38(34(35)20-30)59(42)27-49(50,51)52)55-43(62)39(66-9)26-67-32-23-58(24-32)40(61)16-17-48(4,5)57(6)7/h10,12,14-15,18,20,25,29,32,36-37,39,56H,11,13,19,21-24,26-28H2,1-9H3,(H,55,62)/t29-,36-,37-,39-/m0/s1. The molecule has 0 aliphatic carbocycles. The fourth-order valence-corrected chi connectivity index (χ4v) is 8.43. The van der Waals surface area contributed by atoms with E-state index in [0.717, 1.165) is 0 Å². The van der Waals surface area contributed by atoms with Crippen molar-refractivity contribution in [1.82, 2.24) is 40.1 Å². The number of ether oxygens (including phenoxy) is 4. The lowest BCUT2D eigenvalue weighted by Crippen LogP contribution is -2.61. The van der Waals surface area contributed by atoms with Crippen LogP contribution in [0.3, 0.4) is 0 Å². The highest BCUT2D eigenvalue weighted by Gasteiger charge is 2.39. The lowest BCUT2D eigenvalue weighted by Gasteiger charge is -2.38. The minimum atomic E-state index is -4.61. The quantitative estimate of drug-likeness (QED) is 0.154. The number of methoxy groups -OCH3 is 2. The molecule has 372 valence electrons. The summed E-state index contributed by atoms with van der Waals surface area (Å²) in [6, 6.07) is 6.16. The number of likely N-dealkylation sites (tertiary alicyclic amines) is 1. The molecule has 3 amide bonds. The van der Waals surface area contributed by atoms with Crippen LogP contribution in [0.25, 0.3) is 33.6 Å². The van der Waals surface area contributed by atoms with Gasteiger partial charge in [0.2, 0.25) is 5.89 Å². The van der Waals surface area contributed by atoms with E-state index in [1.807, 2.05) is 46.7 Å². The number of benzene rings is 1. The van der Waals surface area contributed by atoms with Crippen LogP contribution < -0.4 is 10.7 Å². The van der Waals surface area contributed by atoms with Crippen LogP contribution in [0.5, 0.6) is 0 Å². The molecule has 0 spiro atoms. The third-order valence-electron chi connectivity index (χ3n) is 13.0. The first kappa shape index (κ1) is 51.0. The molecular formula is C49H61F3N8O9. The van der Waals surface area contributed by atoms with E-state index in [2.05, 4.69) is 27.6 Å². The first-order valence-electron chi connectivity index (χ1n) is 22.9. The van der Waals surface area contributed by atoms with E-state index < -0.39 is 65.8 Å². The molecule has 6 bridgehead atoms. The van der Waals surface area contributed by atoms with Crippen molar-refractivity contribution >= 4 is 34.6 Å². The van der Waals surface area contributed by atoms with Crippen LogP contribution in [-0.2, 0) is 57.5 Å². The minimum absolute atomic E-state index is 0.113. The maximum absolute atomic E-state index is 14.6. The molecule has 2 saturated heterocycles. The van der Waals surface area contributed by atoms with Gasteiger partial charge in [-0.2, -0.15) is 13.2 Å². The number of hydrogen-bond donors (Lipinski definition) is 2. The van der Waals surface area contributed by atoms with Crippen molar-refractivity contribution in [3.8, 4) is 34.6 Å². The van der Waals surface area contributed by atoms with E-state index in [9.17, 15) is 32.3 Å². The molecule has 1 aromatic carbocycles. The van der Waals surface area contributed by atoms with Gasteiger partial charge in [0.15, 0.2) is 6.10 Å². The number of esters is 1. The Morgan fingerprint density at radius 2 is 1.87 bits per heavy atom. The number of hydrazine groups is 1. The van der Waals surface area contributed by atoms with Gasteiger partial charge in [0, 0.05) is 73.9 Å². The van der Waals surface area contributed by atoms with E-state index in [1.54, 1.807) is 48.4 Å². The van der Waals surface area contributed by atoms with Crippen LogP contribution in [0.1, 0.15) is 70.5 Å². The number of cyclic esters (lactones) is 1. The monoisotopic (exact) mass is 962 g/mol. The van der Waals surface area contributed by atoms with Gasteiger partial charge in [0.1, 0.15) is 24.9 Å². The highest BCUT2D eigenvalue weighted by molar-refractivity contribution is 5.95. The molecule has 7 rings (SSSR count). The fraction of sp³-hybridized carbons (Fsp3) is 0.551. The van der Waals surface area contributed by atoms with Crippen molar-refractivity contribution in [1.29, 1.82) is 0 Å². The van der Waals surface area contributed by atoms with Crippen LogP contribution in [0.2, 0.25) is 0 Å². The highest BCUT2D eigenvalue weighted by Crippen LogP contribution is 2.43. The molecule has 3 aliphatic heterocycles. The molecule has 20 heteroatoms. The molecule has 0 radical (unpaired) electrons. The normalized spacial score (nSPS) is 20.1. The highest BCUT2D eigenvalue weighted by atomic mass is 19.4. The lowest BCUT2D eigenvalue weighted by molar-refractivity contribution is -0.156. The predicted molar refractivity (Wildman–Crippen MR) is 247 cm³/mol. The summed E-state index contributed by atoms with van der Waals surface area (Å²) in [5, 5.41) is 4.58. The van der Waals surface area contributed by atoms with Gasteiger partial charge in [-0.3, -0.25) is 34.1 Å². The number of carbonyl (C=O) groups is 4. The number of aromatic nitrogens is 3. The van der Waals surface area contributed by atoms with Crippen molar-refractivity contribution in [3.63, 3.8) is 0 Å². The molecule has 3 aliphatic rings. The van der Waals surface area contributed by atoms with Crippen LogP contribution in [-0.4, -0.2) is 150 Å². The Morgan fingerprint density at radius 3 is 2.57 bits per heavy atom. The number of nitrogens with one attached hydrogen (secondary N) is 2. The molecule has 0 unspecified atom stereocenters. The predicted octanol–water partition coefficient (Wildman–Crippen LogP) is 4.86. The molecule has 3 aromatic heterocycles. The number of halogens is 3. The summed E-state index contributed by atoms with van der Waals surface area (Å²) in [5.74, 6) is 3.64. The number of fused-ring (bicyclic) bond motifs is 6. The van der Waals surface area contributed by atoms with E-state index in [0.29, 0.717) is 51.8 Å².